The minimum Gasteiger partial charge on any atom is -0.507 e. The summed E-state index contributed by atoms with van der Waals surface area (Å²) in [6, 6.07) is 15.3. The van der Waals surface area contributed by atoms with Gasteiger partial charge >= 0.3 is 0 Å². The van der Waals surface area contributed by atoms with Crippen LogP contribution in [-0.2, 0) is 6.54 Å². The van der Waals surface area contributed by atoms with Crippen LogP contribution in [0.25, 0.3) is 0 Å². The first-order valence-electron chi connectivity index (χ1n) is 5.28. The van der Waals surface area contributed by atoms with Gasteiger partial charge in [-0.05, 0) is 23.8 Å². The Kier molecular flexibility index (Phi) is 3.94. The van der Waals surface area contributed by atoms with Crippen LogP contribution in [0.5, 0.6) is 5.75 Å². The third-order valence-corrected chi connectivity index (χ3v) is 2.83. The van der Waals surface area contributed by atoms with Gasteiger partial charge in [0.1, 0.15) is 5.75 Å². The summed E-state index contributed by atoms with van der Waals surface area (Å²) in [5, 5.41) is 9.62. The third kappa shape index (κ3) is 3.43. The Labute approximate surface area is 109 Å². The number of rotatable bonds is 3. The van der Waals surface area contributed by atoms with Crippen molar-refractivity contribution in [1.82, 2.24) is 0 Å². The topological polar surface area (TPSA) is 32.6 Å². The van der Waals surface area contributed by atoms with E-state index in [1.54, 1.807) is 18.3 Å². The molecule has 0 unspecified atom stereocenters. The lowest BCUT2D eigenvalue weighted by molar-refractivity contribution is 0.474. The Hall–Kier alpha value is -1.61. The van der Waals surface area contributed by atoms with Crippen LogP contribution in [0.1, 0.15) is 11.1 Å². The van der Waals surface area contributed by atoms with E-state index < -0.39 is 0 Å². The van der Waals surface area contributed by atoms with Crippen LogP contribution in [0.2, 0.25) is 0 Å². The Morgan fingerprint density at radius 1 is 1.12 bits per heavy atom. The fourth-order valence-electron chi connectivity index (χ4n) is 1.46. The fourth-order valence-corrected chi connectivity index (χ4v) is 1.84. The van der Waals surface area contributed by atoms with Gasteiger partial charge in [0.2, 0.25) is 0 Å². The number of aromatic hydroxyl groups is 1. The average Bonchev–Trinajstić information content (AvgIpc) is 2.35. The minimum atomic E-state index is 0.241. The Balaban J connectivity index is 2.08. The van der Waals surface area contributed by atoms with Crippen LogP contribution in [0.4, 0.5) is 0 Å². The number of aliphatic imine (C=N–C) groups is 1. The highest BCUT2D eigenvalue weighted by Gasteiger charge is 1.98. The van der Waals surface area contributed by atoms with Gasteiger partial charge in [0.25, 0.3) is 0 Å². The van der Waals surface area contributed by atoms with E-state index in [1.165, 1.54) is 0 Å². The molecular weight excluding hydrogens is 278 g/mol. The van der Waals surface area contributed by atoms with Crippen LogP contribution in [0.15, 0.2) is 58.0 Å². The first kappa shape index (κ1) is 11.9. The molecule has 2 aromatic carbocycles. The first-order valence-corrected chi connectivity index (χ1v) is 6.07. The zero-order chi connectivity index (χ0) is 12.1. The largest absolute Gasteiger partial charge is 0.507 e. The van der Waals surface area contributed by atoms with Crippen LogP contribution in [-0.4, -0.2) is 11.3 Å². The number of hydrogen-bond acceptors (Lipinski definition) is 2. The van der Waals surface area contributed by atoms with Gasteiger partial charge < -0.3 is 5.11 Å². The predicted molar refractivity (Wildman–Crippen MR) is 73.5 cm³/mol. The molecule has 0 atom stereocenters. The number of nitrogens with zero attached hydrogens (tertiary/aromatic N) is 1. The summed E-state index contributed by atoms with van der Waals surface area (Å²) in [6.45, 7) is 0.618. The lowest BCUT2D eigenvalue weighted by atomic mass is 10.2. The van der Waals surface area contributed by atoms with Crippen molar-refractivity contribution in [3.05, 3.63) is 64.1 Å². The lowest BCUT2D eigenvalue weighted by Gasteiger charge is -1.99. The molecule has 0 radical (unpaired) electrons. The van der Waals surface area contributed by atoms with E-state index in [9.17, 15) is 5.11 Å². The molecule has 0 aliphatic carbocycles. The molecular formula is C14H12BrNO. The average molecular weight is 290 g/mol. The van der Waals surface area contributed by atoms with E-state index >= 15 is 0 Å². The van der Waals surface area contributed by atoms with E-state index in [-0.39, 0.29) is 5.75 Å². The van der Waals surface area contributed by atoms with E-state index in [2.05, 4.69) is 20.9 Å². The van der Waals surface area contributed by atoms with E-state index in [0.717, 1.165) is 15.6 Å². The van der Waals surface area contributed by atoms with Crippen LogP contribution in [0.3, 0.4) is 0 Å². The molecule has 0 heterocycles. The number of phenolic OH excluding ortho intramolecular Hbond substituents is 1. The quantitative estimate of drug-likeness (QED) is 0.857. The van der Waals surface area contributed by atoms with Crippen molar-refractivity contribution in [2.24, 2.45) is 4.99 Å². The highest BCUT2D eigenvalue weighted by Crippen LogP contribution is 2.20. The van der Waals surface area contributed by atoms with Gasteiger partial charge in [-0.25, -0.2) is 0 Å². The summed E-state index contributed by atoms with van der Waals surface area (Å²) in [5.74, 6) is 0.241. The molecule has 0 spiro atoms. The van der Waals surface area contributed by atoms with Gasteiger partial charge in [-0.3, -0.25) is 4.99 Å². The standard InChI is InChI=1S/C14H12BrNO/c15-13-6-7-14(17)12(8-13)10-16-9-11-4-2-1-3-5-11/h1-8,10,17H,9H2. The van der Waals surface area contributed by atoms with Gasteiger partial charge in [0.15, 0.2) is 0 Å². The summed E-state index contributed by atoms with van der Waals surface area (Å²) < 4.78 is 0.927. The number of hydrogen-bond donors (Lipinski definition) is 1. The second kappa shape index (κ2) is 5.64. The maximum absolute atomic E-state index is 9.62. The van der Waals surface area contributed by atoms with Crippen molar-refractivity contribution < 1.29 is 5.11 Å². The normalized spacial score (nSPS) is 10.9. The van der Waals surface area contributed by atoms with Gasteiger partial charge in [-0.15, -0.1) is 0 Å². The SMILES string of the molecule is Oc1ccc(Br)cc1C=NCc1ccccc1. The highest BCUT2D eigenvalue weighted by molar-refractivity contribution is 9.10. The van der Waals surface area contributed by atoms with Crippen molar-refractivity contribution in [2.75, 3.05) is 0 Å². The summed E-state index contributed by atoms with van der Waals surface area (Å²) in [4.78, 5) is 4.31. The van der Waals surface area contributed by atoms with E-state index in [0.29, 0.717) is 6.54 Å². The van der Waals surface area contributed by atoms with Crippen LogP contribution >= 0.6 is 15.9 Å². The Bertz CT molecular complexity index is 523. The van der Waals surface area contributed by atoms with Crippen LogP contribution in [0, 0.1) is 0 Å². The Morgan fingerprint density at radius 3 is 2.65 bits per heavy atom. The third-order valence-electron chi connectivity index (χ3n) is 2.34. The monoisotopic (exact) mass is 289 g/mol. The molecule has 0 saturated carbocycles. The summed E-state index contributed by atoms with van der Waals surface area (Å²) in [6.07, 6.45) is 1.69. The van der Waals surface area contributed by atoms with Gasteiger partial charge in [0, 0.05) is 16.3 Å². The summed E-state index contributed by atoms with van der Waals surface area (Å²) >= 11 is 3.36. The molecule has 0 aromatic heterocycles. The molecule has 0 aliphatic rings. The first-order chi connectivity index (χ1) is 8.25. The number of phenols is 1. The molecule has 0 amide bonds. The molecule has 86 valence electrons. The van der Waals surface area contributed by atoms with Crippen molar-refractivity contribution in [2.45, 2.75) is 6.54 Å². The van der Waals surface area contributed by atoms with Gasteiger partial charge in [-0.2, -0.15) is 0 Å². The second-order valence-electron chi connectivity index (χ2n) is 3.66. The lowest BCUT2D eigenvalue weighted by Crippen LogP contribution is -1.85. The Morgan fingerprint density at radius 2 is 1.88 bits per heavy atom. The van der Waals surface area contributed by atoms with E-state index in [4.69, 9.17) is 0 Å². The highest BCUT2D eigenvalue weighted by atomic mass is 79.9. The summed E-state index contributed by atoms with van der Waals surface area (Å²) in [5.41, 5.74) is 1.87. The maximum Gasteiger partial charge on any atom is 0.124 e. The second-order valence-corrected chi connectivity index (χ2v) is 4.57. The van der Waals surface area contributed by atoms with Gasteiger partial charge in [-0.1, -0.05) is 46.3 Å². The molecule has 0 saturated heterocycles. The van der Waals surface area contributed by atoms with Crippen molar-refractivity contribution in [3.8, 4) is 5.75 Å². The van der Waals surface area contributed by atoms with Crippen molar-refractivity contribution in [1.29, 1.82) is 0 Å². The fraction of sp³-hybridized carbons (Fsp3) is 0.0714. The predicted octanol–water partition coefficient (Wildman–Crippen LogP) is 3.77. The molecule has 3 heteroatoms. The van der Waals surface area contributed by atoms with Crippen molar-refractivity contribution >= 4 is 22.1 Å². The molecule has 0 bridgehead atoms. The molecule has 1 N–H and O–H groups in total. The zero-order valence-electron chi connectivity index (χ0n) is 9.18. The molecule has 2 nitrogen and oxygen atoms in total. The van der Waals surface area contributed by atoms with E-state index in [1.807, 2.05) is 36.4 Å². The maximum atomic E-state index is 9.62. The van der Waals surface area contributed by atoms with Crippen LogP contribution < -0.4 is 0 Å². The molecule has 2 rings (SSSR count). The molecule has 0 aliphatic heterocycles. The van der Waals surface area contributed by atoms with Crippen molar-refractivity contribution in [3.63, 3.8) is 0 Å². The molecule has 2 aromatic rings. The number of halogens is 1. The smallest absolute Gasteiger partial charge is 0.124 e. The van der Waals surface area contributed by atoms with Gasteiger partial charge in [0.05, 0.1) is 6.54 Å². The molecule has 17 heavy (non-hydrogen) atoms. The zero-order valence-corrected chi connectivity index (χ0v) is 10.8. The minimum absolute atomic E-state index is 0.241. The summed E-state index contributed by atoms with van der Waals surface area (Å²) in [7, 11) is 0. The number of benzene rings is 2. The molecule has 0 fully saturated rings.